The SMILES string of the molecule is CC(C)N1CCC2(CC1)OCC1C=CC=CC12. The molecule has 0 aromatic heterocycles. The molecule has 2 nitrogen and oxygen atoms in total. The van der Waals surface area contributed by atoms with Crippen molar-refractivity contribution in [2.24, 2.45) is 11.8 Å². The molecule has 3 rings (SSSR count). The summed E-state index contributed by atoms with van der Waals surface area (Å²) >= 11 is 0. The average molecular weight is 233 g/mol. The van der Waals surface area contributed by atoms with Crippen LogP contribution in [0.3, 0.4) is 0 Å². The fraction of sp³-hybridized carbons (Fsp3) is 0.733. The molecule has 0 amide bonds. The lowest BCUT2D eigenvalue weighted by Crippen LogP contribution is -2.49. The average Bonchev–Trinajstić information content (AvgIpc) is 2.70. The van der Waals surface area contributed by atoms with Crippen LogP contribution in [0, 0.1) is 11.8 Å². The molecule has 0 radical (unpaired) electrons. The number of likely N-dealkylation sites (tertiary alicyclic amines) is 1. The number of ether oxygens (including phenoxy) is 1. The molecule has 17 heavy (non-hydrogen) atoms. The van der Waals surface area contributed by atoms with Crippen molar-refractivity contribution >= 4 is 0 Å². The van der Waals surface area contributed by atoms with E-state index in [0.717, 1.165) is 6.61 Å². The molecule has 94 valence electrons. The molecule has 0 saturated carbocycles. The smallest absolute Gasteiger partial charge is 0.0776 e. The Morgan fingerprint density at radius 1 is 1.18 bits per heavy atom. The summed E-state index contributed by atoms with van der Waals surface area (Å²) in [4.78, 5) is 2.57. The van der Waals surface area contributed by atoms with Crippen molar-refractivity contribution in [1.29, 1.82) is 0 Å². The van der Waals surface area contributed by atoms with E-state index < -0.39 is 0 Å². The van der Waals surface area contributed by atoms with E-state index in [2.05, 4.69) is 43.1 Å². The molecular weight excluding hydrogens is 210 g/mol. The van der Waals surface area contributed by atoms with E-state index in [1.165, 1.54) is 25.9 Å². The molecule has 2 unspecified atom stereocenters. The Bertz CT molecular complexity index is 337. The van der Waals surface area contributed by atoms with Crippen LogP contribution in [-0.2, 0) is 4.74 Å². The first-order chi connectivity index (χ1) is 8.21. The molecule has 1 spiro atoms. The van der Waals surface area contributed by atoms with E-state index in [9.17, 15) is 0 Å². The third-order valence-electron chi connectivity index (χ3n) is 4.79. The van der Waals surface area contributed by atoms with Gasteiger partial charge in [0.1, 0.15) is 0 Å². The molecule has 2 heterocycles. The second-order valence-electron chi connectivity index (χ2n) is 5.96. The number of hydrogen-bond donors (Lipinski definition) is 0. The van der Waals surface area contributed by atoms with Crippen molar-refractivity contribution in [3.05, 3.63) is 24.3 Å². The fourth-order valence-corrected chi connectivity index (χ4v) is 3.63. The highest BCUT2D eigenvalue weighted by atomic mass is 16.5. The topological polar surface area (TPSA) is 12.5 Å². The molecule has 0 aromatic carbocycles. The molecule has 0 bridgehead atoms. The van der Waals surface area contributed by atoms with Crippen molar-refractivity contribution in [3.8, 4) is 0 Å². The Morgan fingerprint density at radius 2 is 1.88 bits per heavy atom. The number of allylic oxidation sites excluding steroid dienone is 2. The second kappa shape index (κ2) is 4.25. The van der Waals surface area contributed by atoms with Gasteiger partial charge in [0, 0.05) is 31.0 Å². The van der Waals surface area contributed by atoms with Gasteiger partial charge < -0.3 is 9.64 Å². The molecule has 2 heteroatoms. The van der Waals surface area contributed by atoms with E-state index in [4.69, 9.17) is 4.74 Å². The first kappa shape index (κ1) is 11.5. The van der Waals surface area contributed by atoms with Gasteiger partial charge >= 0.3 is 0 Å². The fourth-order valence-electron chi connectivity index (χ4n) is 3.63. The largest absolute Gasteiger partial charge is 0.374 e. The van der Waals surface area contributed by atoms with Gasteiger partial charge in [-0.1, -0.05) is 24.3 Å². The third kappa shape index (κ3) is 1.88. The van der Waals surface area contributed by atoms with Gasteiger partial charge in [-0.3, -0.25) is 0 Å². The molecule has 2 saturated heterocycles. The van der Waals surface area contributed by atoms with Gasteiger partial charge in [-0.15, -0.1) is 0 Å². The number of nitrogens with zero attached hydrogens (tertiary/aromatic N) is 1. The van der Waals surface area contributed by atoms with Crippen molar-refractivity contribution in [3.63, 3.8) is 0 Å². The lowest BCUT2D eigenvalue weighted by molar-refractivity contribution is -0.0624. The van der Waals surface area contributed by atoms with Crippen molar-refractivity contribution in [2.75, 3.05) is 19.7 Å². The number of rotatable bonds is 1. The van der Waals surface area contributed by atoms with Gasteiger partial charge in [0.15, 0.2) is 0 Å². The molecule has 2 fully saturated rings. The zero-order valence-electron chi connectivity index (χ0n) is 10.9. The third-order valence-corrected chi connectivity index (χ3v) is 4.79. The Labute approximate surface area is 104 Å². The molecule has 3 aliphatic rings. The van der Waals surface area contributed by atoms with Crippen LogP contribution in [-0.4, -0.2) is 36.2 Å². The Balaban J connectivity index is 1.72. The zero-order chi connectivity index (χ0) is 11.9. The maximum Gasteiger partial charge on any atom is 0.0776 e. The van der Waals surface area contributed by atoms with Crippen LogP contribution in [0.1, 0.15) is 26.7 Å². The maximum atomic E-state index is 6.23. The van der Waals surface area contributed by atoms with Gasteiger partial charge in [-0.2, -0.15) is 0 Å². The minimum Gasteiger partial charge on any atom is -0.374 e. The lowest BCUT2D eigenvalue weighted by atomic mass is 9.74. The monoisotopic (exact) mass is 233 g/mol. The van der Waals surface area contributed by atoms with E-state index in [1.807, 2.05) is 0 Å². The predicted octanol–water partition coefficient (Wildman–Crippen LogP) is 2.62. The van der Waals surface area contributed by atoms with Crippen LogP contribution in [0.4, 0.5) is 0 Å². The molecular formula is C15H23NO. The summed E-state index contributed by atoms with van der Waals surface area (Å²) in [5.74, 6) is 1.26. The van der Waals surface area contributed by atoms with Crippen LogP contribution < -0.4 is 0 Å². The van der Waals surface area contributed by atoms with Crippen LogP contribution in [0.2, 0.25) is 0 Å². The number of fused-ring (bicyclic) bond motifs is 2. The van der Waals surface area contributed by atoms with Crippen LogP contribution in [0.15, 0.2) is 24.3 Å². The molecule has 0 N–H and O–H groups in total. The van der Waals surface area contributed by atoms with Gasteiger partial charge in [0.05, 0.1) is 12.2 Å². The normalized spacial score (nSPS) is 35.7. The summed E-state index contributed by atoms with van der Waals surface area (Å²) in [6, 6.07) is 0.673. The minimum absolute atomic E-state index is 0.150. The van der Waals surface area contributed by atoms with E-state index in [0.29, 0.717) is 17.9 Å². The maximum absolute atomic E-state index is 6.23. The first-order valence-corrected chi connectivity index (χ1v) is 6.94. The van der Waals surface area contributed by atoms with Crippen molar-refractivity contribution < 1.29 is 4.74 Å². The van der Waals surface area contributed by atoms with Crippen molar-refractivity contribution in [2.45, 2.75) is 38.3 Å². The van der Waals surface area contributed by atoms with Crippen LogP contribution >= 0.6 is 0 Å². The van der Waals surface area contributed by atoms with Gasteiger partial charge in [0.2, 0.25) is 0 Å². The van der Waals surface area contributed by atoms with E-state index in [-0.39, 0.29) is 5.60 Å². The zero-order valence-corrected chi connectivity index (χ0v) is 10.9. The quantitative estimate of drug-likeness (QED) is 0.690. The molecule has 1 aliphatic carbocycles. The number of piperidine rings is 1. The first-order valence-electron chi connectivity index (χ1n) is 6.94. The van der Waals surface area contributed by atoms with Crippen LogP contribution in [0.5, 0.6) is 0 Å². The Morgan fingerprint density at radius 3 is 2.59 bits per heavy atom. The van der Waals surface area contributed by atoms with Gasteiger partial charge in [0.25, 0.3) is 0 Å². The molecule has 0 aromatic rings. The lowest BCUT2D eigenvalue weighted by Gasteiger charge is -2.43. The van der Waals surface area contributed by atoms with Gasteiger partial charge in [-0.25, -0.2) is 0 Å². The van der Waals surface area contributed by atoms with Crippen molar-refractivity contribution in [1.82, 2.24) is 4.90 Å². The van der Waals surface area contributed by atoms with Gasteiger partial charge in [-0.05, 0) is 26.7 Å². The highest BCUT2D eigenvalue weighted by molar-refractivity contribution is 5.21. The summed E-state index contributed by atoms with van der Waals surface area (Å²) in [7, 11) is 0. The standard InChI is InChI=1S/C15H23NO/c1-12(2)16-9-7-15(8-10-16)14-6-4-3-5-13(14)11-17-15/h3-6,12-14H,7-11H2,1-2H3. The van der Waals surface area contributed by atoms with Crippen LogP contribution in [0.25, 0.3) is 0 Å². The summed E-state index contributed by atoms with van der Waals surface area (Å²) < 4.78 is 6.23. The van der Waals surface area contributed by atoms with E-state index in [1.54, 1.807) is 0 Å². The molecule has 2 atom stereocenters. The van der Waals surface area contributed by atoms with E-state index >= 15 is 0 Å². The Kier molecular flexibility index (Phi) is 2.87. The highest BCUT2D eigenvalue weighted by Crippen LogP contribution is 2.46. The minimum atomic E-state index is 0.150. The summed E-state index contributed by atoms with van der Waals surface area (Å²) in [6.07, 6.45) is 11.5. The Hall–Kier alpha value is -0.600. The molecule has 2 aliphatic heterocycles. The summed E-state index contributed by atoms with van der Waals surface area (Å²) in [5, 5.41) is 0. The number of hydrogen-bond acceptors (Lipinski definition) is 2. The summed E-state index contributed by atoms with van der Waals surface area (Å²) in [5.41, 5.74) is 0.150. The predicted molar refractivity (Wildman–Crippen MR) is 69.9 cm³/mol. The summed E-state index contributed by atoms with van der Waals surface area (Å²) in [6.45, 7) is 7.89. The second-order valence-corrected chi connectivity index (χ2v) is 5.96. The highest BCUT2D eigenvalue weighted by Gasteiger charge is 2.49.